The third-order valence-electron chi connectivity index (χ3n) is 2.16. The Kier molecular flexibility index (Phi) is 2.76. The van der Waals surface area contributed by atoms with Gasteiger partial charge in [-0.1, -0.05) is 0 Å². The van der Waals surface area contributed by atoms with Crippen molar-refractivity contribution in [1.82, 2.24) is 5.32 Å². The Morgan fingerprint density at radius 1 is 1.33 bits per heavy atom. The second-order valence-corrected chi connectivity index (χ2v) is 4.58. The molecule has 15 heavy (non-hydrogen) atoms. The number of esters is 1. The van der Waals surface area contributed by atoms with E-state index in [4.69, 9.17) is 4.74 Å². The molecule has 6 heteroatoms. The largest absolute Gasteiger partial charge is 0.458 e. The molecular formula is C9H14F3NO2. The molecule has 1 atom stereocenters. The number of nitrogens with one attached hydrogen (secondary N) is 1. The van der Waals surface area contributed by atoms with E-state index in [9.17, 15) is 18.0 Å². The Morgan fingerprint density at radius 3 is 2.00 bits per heavy atom. The smallest absolute Gasteiger partial charge is 0.417 e. The molecule has 1 aliphatic heterocycles. The summed E-state index contributed by atoms with van der Waals surface area (Å²) in [5.41, 5.74) is -3.40. The van der Waals surface area contributed by atoms with Crippen molar-refractivity contribution in [2.75, 3.05) is 6.54 Å². The fourth-order valence-electron chi connectivity index (χ4n) is 1.27. The van der Waals surface area contributed by atoms with Crippen LogP contribution >= 0.6 is 0 Å². The molecule has 0 spiro atoms. The molecule has 0 radical (unpaired) electrons. The molecule has 88 valence electrons. The molecule has 0 aromatic heterocycles. The van der Waals surface area contributed by atoms with E-state index in [1.807, 2.05) is 0 Å². The lowest BCUT2D eigenvalue weighted by Crippen LogP contribution is -2.71. The van der Waals surface area contributed by atoms with E-state index in [1.165, 1.54) is 20.8 Å². The maximum Gasteiger partial charge on any atom is 0.417 e. The van der Waals surface area contributed by atoms with Gasteiger partial charge in [-0.05, 0) is 33.7 Å². The molecule has 0 aromatic rings. The van der Waals surface area contributed by atoms with Gasteiger partial charge >= 0.3 is 12.1 Å². The van der Waals surface area contributed by atoms with Crippen molar-refractivity contribution in [2.45, 2.75) is 44.5 Å². The quantitative estimate of drug-likeness (QED) is 0.689. The average Bonchev–Trinajstić information content (AvgIpc) is 1.72. The zero-order valence-corrected chi connectivity index (χ0v) is 8.86. The van der Waals surface area contributed by atoms with Crippen LogP contribution in [0.5, 0.6) is 0 Å². The summed E-state index contributed by atoms with van der Waals surface area (Å²) in [5.74, 6) is -1.24. The van der Waals surface area contributed by atoms with Crippen molar-refractivity contribution in [3.8, 4) is 0 Å². The first-order chi connectivity index (χ1) is 6.58. The van der Waals surface area contributed by atoms with Crippen molar-refractivity contribution in [1.29, 1.82) is 0 Å². The highest BCUT2D eigenvalue weighted by Gasteiger charge is 2.65. The first-order valence-electron chi connectivity index (χ1n) is 4.64. The number of ether oxygens (including phenoxy) is 1. The normalized spacial score (nSPS) is 27.1. The first-order valence-corrected chi connectivity index (χ1v) is 4.64. The Morgan fingerprint density at radius 2 is 1.80 bits per heavy atom. The number of carbonyl (C=O) groups is 1. The van der Waals surface area contributed by atoms with E-state index in [0.29, 0.717) is 0 Å². The van der Waals surface area contributed by atoms with E-state index in [2.05, 4.69) is 5.32 Å². The van der Waals surface area contributed by atoms with Crippen LogP contribution in [-0.4, -0.2) is 29.8 Å². The van der Waals surface area contributed by atoms with Gasteiger partial charge in [0.05, 0.1) is 0 Å². The van der Waals surface area contributed by atoms with Crippen LogP contribution < -0.4 is 5.32 Å². The number of hydrogen-bond donors (Lipinski definition) is 1. The fourth-order valence-corrected chi connectivity index (χ4v) is 1.27. The van der Waals surface area contributed by atoms with Crippen molar-refractivity contribution in [3.63, 3.8) is 0 Å². The monoisotopic (exact) mass is 225 g/mol. The molecule has 1 fully saturated rings. The summed E-state index contributed by atoms with van der Waals surface area (Å²) in [6.07, 6.45) is -4.86. The molecule has 1 heterocycles. The Bertz CT molecular complexity index is 264. The van der Waals surface area contributed by atoms with Gasteiger partial charge in [0.25, 0.3) is 0 Å². The molecule has 0 amide bonds. The molecule has 0 unspecified atom stereocenters. The highest BCUT2D eigenvalue weighted by Crippen LogP contribution is 2.39. The van der Waals surface area contributed by atoms with E-state index in [-0.39, 0.29) is 13.0 Å². The summed E-state index contributed by atoms with van der Waals surface area (Å²) in [6, 6.07) is 0. The maximum atomic E-state index is 12.6. The molecule has 0 bridgehead atoms. The van der Waals surface area contributed by atoms with E-state index in [1.54, 1.807) is 0 Å². The summed E-state index contributed by atoms with van der Waals surface area (Å²) >= 11 is 0. The number of halogens is 3. The van der Waals surface area contributed by atoms with Gasteiger partial charge in [0.2, 0.25) is 5.54 Å². The molecule has 0 saturated carbocycles. The predicted molar refractivity (Wildman–Crippen MR) is 47.3 cm³/mol. The predicted octanol–water partition coefficient (Wildman–Crippen LogP) is 1.62. The average molecular weight is 225 g/mol. The first kappa shape index (κ1) is 12.3. The van der Waals surface area contributed by atoms with Crippen molar-refractivity contribution < 1.29 is 22.7 Å². The SMILES string of the molecule is CC(C)(C)OC(=O)[C@]1(C(F)(F)F)CCN1. The highest BCUT2D eigenvalue weighted by atomic mass is 19.4. The molecule has 1 N–H and O–H groups in total. The zero-order chi connectivity index (χ0) is 11.9. The lowest BCUT2D eigenvalue weighted by molar-refractivity contribution is -0.233. The second-order valence-electron chi connectivity index (χ2n) is 4.58. The van der Waals surface area contributed by atoms with Gasteiger partial charge < -0.3 is 4.74 Å². The molecule has 1 rings (SSSR count). The molecule has 0 aliphatic carbocycles. The fraction of sp³-hybridized carbons (Fsp3) is 0.889. The Labute approximate surface area is 86.0 Å². The third kappa shape index (κ3) is 2.25. The summed E-state index contributed by atoms with van der Waals surface area (Å²) in [7, 11) is 0. The van der Waals surface area contributed by atoms with Crippen LogP contribution in [0.3, 0.4) is 0 Å². The maximum absolute atomic E-state index is 12.6. The van der Waals surface area contributed by atoms with Crippen molar-refractivity contribution in [3.05, 3.63) is 0 Å². The molecule has 1 aliphatic rings. The van der Waals surface area contributed by atoms with E-state index >= 15 is 0 Å². The summed E-state index contributed by atoms with van der Waals surface area (Å²) in [6.45, 7) is 4.79. The number of alkyl halides is 3. The summed E-state index contributed by atoms with van der Waals surface area (Å²) in [4.78, 5) is 11.4. The van der Waals surface area contributed by atoms with Crippen LogP contribution in [-0.2, 0) is 9.53 Å². The number of rotatable bonds is 1. The minimum atomic E-state index is -4.60. The number of hydrogen-bond acceptors (Lipinski definition) is 3. The number of carbonyl (C=O) groups excluding carboxylic acids is 1. The summed E-state index contributed by atoms with van der Waals surface area (Å²) < 4.78 is 42.6. The molecular weight excluding hydrogens is 211 g/mol. The van der Waals surface area contributed by atoms with Crippen LogP contribution in [0, 0.1) is 0 Å². The molecule has 3 nitrogen and oxygen atoms in total. The van der Waals surface area contributed by atoms with Crippen LogP contribution in [0.1, 0.15) is 27.2 Å². The van der Waals surface area contributed by atoms with Crippen LogP contribution in [0.25, 0.3) is 0 Å². The zero-order valence-electron chi connectivity index (χ0n) is 8.86. The lowest BCUT2D eigenvalue weighted by Gasteiger charge is -2.42. The minimum absolute atomic E-state index is 0.179. The standard InChI is InChI=1S/C9H14F3NO2/c1-7(2,3)15-6(14)8(4-5-13-8)9(10,11)12/h13H,4-5H2,1-3H3/t8-/m0/s1. The van der Waals surface area contributed by atoms with Crippen LogP contribution in [0.15, 0.2) is 0 Å². The van der Waals surface area contributed by atoms with Crippen molar-refractivity contribution in [2.24, 2.45) is 0 Å². The topological polar surface area (TPSA) is 38.3 Å². The van der Waals surface area contributed by atoms with Gasteiger partial charge in [-0.25, -0.2) is 4.79 Å². The molecule has 0 aromatic carbocycles. The molecule has 1 saturated heterocycles. The van der Waals surface area contributed by atoms with E-state index < -0.39 is 23.3 Å². The minimum Gasteiger partial charge on any atom is -0.458 e. The van der Waals surface area contributed by atoms with Crippen molar-refractivity contribution >= 4 is 5.97 Å². The summed E-state index contributed by atoms with van der Waals surface area (Å²) in [5, 5.41) is 2.12. The van der Waals surface area contributed by atoms with E-state index in [0.717, 1.165) is 0 Å². The second kappa shape index (κ2) is 3.37. The Hall–Kier alpha value is -0.780. The van der Waals surface area contributed by atoms with Gasteiger partial charge in [0.1, 0.15) is 5.60 Å². The van der Waals surface area contributed by atoms with Gasteiger partial charge in [0.15, 0.2) is 0 Å². The van der Waals surface area contributed by atoms with Gasteiger partial charge in [-0.3, -0.25) is 5.32 Å². The Balaban J connectivity index is 2.80. The van der Waals surface area contributed by atoms with Gasteiger partial charge in [-0.2, -0.15) is 13.2 Å². The van der Waals surface area contributed by atoms with Gasteiger partial charge in [-0.15, -0.1) is 0 Å². The van der Waals surface area contributed by atoms with Gasteiger partial charge in [0, 0.05) is 0 Å². The van der Waals surface area contributed by atoms with Crippen LogP contribution in [0.2, 0.25) is 0 Å². The lowest BCUT2D eigenvalue weighted by atomic mass is 9.87. The third-order valence-corrected chi connectivity index (χ3v) is 2.16. The highest BCUT2D eigenvalue weighted by molar-refractivity contribution is 5.83. The van der Waals surface area contributed by atoms with Crippen LogP contribution in [0.4, 0.5) is 13.2 Å².